The minimum Gasteiger partial charge on any atom is -0.103 e. The van der Waals surface area contributed by atoms with Gasteiger partial charge in [-0.15, -0.1) is 32.9 Å². The largest absolute Gasteiger partial charge is 0.103 e. The second kappa shape index (κ2) is 57.2. The highest BCUT2D eigenvalue weighted by molar-refractivity contribution is 5.05. The smallest absolute Gasteiger partial charge is 0.0175 e. The first-order valence-corrected chi connectivity index (χ1v) is 33.1. The van der Waals surface area contributed by atoms with Crippen LogP contribution in [0.25, 0.3) is 0 Å². The van der Waals surface area contributed by atoms with Crippen LogP contribution in [-0.4, -0.2) is 0 Å². The molecule has 0 aliphatic carbocycles. The van der Waals surface area contributed by atoms with Crippen molar-refractivity contribution < 1.29 is 0 Å². The van der Waals surface area contributed by atoms with Crippen molar-refractivity contribution in [3.05, 3.63) is 75.4 Å². The predicted octanol–water partition coefficient (Wildman–Crippen LogP) is 26.1. The van der Waals surface area contributed by atoms with Crippen molar-refractivity contribution in [1.82, 2.24) is 0 Å². The molecule has 0 aliphatic rings. The third kappa shape index (κ3) is 45.8. The molecule has 0 bridgehead atoms. The number of unbranched alkanes of at least 4 members (excludes halogenated alkanes) is 35. The predicted molar refractivity (Wildman–Crippen MR) is 334 cm³/mol. The van der Waals surface area contributed by atoms with Crippen LogP contribution in [0.1, 0.15) is 348 Å². The summed E-state index contributed by atoms with van der Waals surface area (Å²) in [6, 6.07) is 0. The molecule has 72 heavy (non-hydrogen) atoms. The Bertz CT molecular complexity index is 1150. The van der Waals surface area contributed by atoms with Crippen LogP contribution >= 0.6 is 0 Å². The molecular formula is C72H134. The van der Waals surface area contributed by atoms with Gasteiger partial charge in [0.05, 0.1) is 0 Å². The van der Waals surface area contributed by atoms with Gasteiger partial charge in [0.2, 0.25) is 0 Å². The molecule has 0 aliphatic heterocycles. The van der Waals surface area contributed by atoms with E-state index in [1.807, 2.05) is 0 Å². The second-order valence-corrected chi connectivity index (χ2v) is 24.2. The SMILES string of the molecule is C=CCCCCCCCCCCC(=C)C(CCCCCCCCCCC=C)C(CCCCCCCCCCC=C)C(CCCCCCCCCCC=C)C(CCCCCC)CCC(C)CCCC(C)CC=C. The molecule has 0 saturated carbocycles. The van der Waals surface area contributed by atoms with Gasteiger partial charge < -0.3 is 0 Å². The zero-order chi connectivity index (χ0) is 52.6. The maximum Gasteiger partial charge on any atom is -0.0175 e. The van der Waals surface area contributed by atoms with E-state index in [2.05, 4.69) is 84.0 Å². The van der Waals surface area contributed by atoms with Gasteiger partial charge in [0, 0.05) is 0 Å². The maximum absolute atomic E-state index is 5.20. The first-order chi connectivity index (χ1) is 35.4. The van der Waals surface area contributed by atoms with E-state index in [9.17, 15) is 0 Å². The summed E-state index contributed by atoms with van der Waals surface area (Å²) in [5, 5.41) is 0. The monoisotopic (exact) mass is 999 g/mol. The Labute approximate surface area is 457 Å². The number of allylic oxidation sites excluding steroid dienone is 6. The van der Waals surface area contributed by atoms with Crippen LogP contribution in [0.5, 0.6) is 0 Å². The van der Waals surface area contributed by atoms with Crippen LogP contribution in [0, 0.1) is 35.5 Å². The normalized spacial score (nSPS) is 14.1. The Kier molecular flexibility index (Phi) is 55.9. The Morgan fingerprint density at radius 1 is 0.306 bits per heavy atom. The van der Waals surface area contributed by atoms with Gasteiger partial charge in [-0.1, -0.05) is 294 Å². The average molecular weight is 1000 g/mol. The number of rotatable bonds is 62. The first kappa shape index (κ1) is 70.4. The summed E-state index contributed by atoms with van der Waals surface area (Å²) >= 11 is 0. The van der Waals surface area contributed by atoms with Crippen molar-refractivity contribution in [2.45, 2.75) is 348 Å². The lowest BCUT2D eigenvalue weighted by Crippen LogP contribution is -2.31. The highest BCUT2D eigenvalue weighted by Gasteiger charge is 2.35. The van der Waals surface area contributed by atoms with E-state index in [0.29, 0.717) is 5.92 Å². The van der Waals surface area contributed by atoms with Crippen LogP contribution in [-0.2, 0) is 0 Å². The van der Waals surface area contributed by atoms with Gasteiger partial charge in [-0.3, -0.25) is 0 Å². The van der Waals surface area contributed by atoms with Gasteiger partial charge in [-0.2, -0.15) is 0 Å². The Hall–Kier alpha value is -1.56. The molecule has 0 spiro atoms. The van der Waals surface area contributed by atoms with Crippen molar-refractivity contribution in [3.63, 3.8) is 0 Å². The highest BCUT2D eigenvalue weighted by Crippen LogP contribution is 2.45. The van der Waals surface area contributed by atoms with Crippen LogP contribution in [0.2, 0.25) is 0 Å². The lowest BCUT2D eigenvalue weighted by molar-refractivity contribution is 0.120. The van der Waals surface area contributed by atoms with Gasteiger partial charge in [0.25, 0.3) is 0 Å². The zero-order valence-electron chi connectivity index (χ0n) is 50.2. The summed E-state index contributed by atoms with van der Waals surface area (Å²) < 4.78 is 0. The maximum atomic E-state index is 5.20. The molecule has 0 radical (unpaired) electrons. The fraction of sp³-hybridized carbons (Fsp3) is 0.833. The van der Waals surface area contributed by atoms with Crippen molar-refractivity contribution in [2.24, 2.45) is 35.5 Å². The molecule has 6 unspecified atom stereocenters. The van der Waals surface area contributed by atoms with Crippen LogP contribution < -0.4 is 0 Å². The van der Waals surface area contributed by atoms with Crippen molar-refractivity contribution in [3.8, 4) is 0 Å². The summed E-state index contributed by atoms with van der Waals surface area (Å²) in [4.78, 5) is 0. The topological polar surface area (TPSA) is 0 Å². The minimum atomic E-state index is 0.709. The zero-order valence-corrected chi connectivity index (χ0v) is 50.2. The molecule has 0 aromatic heterocycles. The van der Waals surface area contributed by atoms with Gasteiger partial charge in [0.1, 0.15) is 0 Å². The second-order valence-electron chi connectivity index (χ2n) is 24.2. The third-order valence-electron chi connectivity index (χ3n) is 17.3. The Morgan fingerprint density at radius 3 is 1.07 bits per heavy atom. The standard InChI is InChI=1S/C72H134/c1-10-16-21-26-30-34-38-42-46-50-59-68(9)70(61-52-47-43-39-35-31-27-22-17-11-2)72(63-54-49-45-41-37-33-29-24-19-13-4)71(62-53-48-44-40-36-32-28-23-18-12-3)69(60-51-25-20-14-5)65-64-67(8)58-55-57-66(7)56-15-6/h10-13,15,66-67,69-72H,1-4,6,9,14,16-65H2,5,7-8H3. The minimum absolute atomic E-state index is 0.709. The lowest BCUT2D eigenvalue weighted by atomic mass is 9.64. The number of hydrogen-bond donors (Lipinski definition) is 0. The molecule has 0 heterocycles. The fourth-order valence-electron chi connectivity index (χ4n) is 12.6. The van der Waals surface area contributed by atoms with Gasteiger partial charge in [-0.25, -0.2) is 0 Å². The van der Waals surface area contributed by atoms with Crippen LogP contribution in [0.3, 0.4) is 0 Å². The fourth-order valence-corrected chi connectivity index (χ4v) is 12.6. The molecule has 0 amide bonds. The molecule has 0 nitrogen and oxygen atoms in total. The summed E-state index contributed by atoms with van der Waals surface area (Å²) in [6.07, 6.45) is 81.1. The summed E-state index contributed by atoms with van der Waals surface area (Å²) in [6.45, 7) is 32.5. The van der Waals surface area contributed by atoms with E-state index in [1.165, 1.54) is 327 Å². The first-order valence-electron chi connectivity index (χ1n) is 33.1. The van der Waals surface area contributed by atoms with E-state index in [4.69, 9.17) is 6.58 Å². The van der Waals surface area contributed by atoms with Crippen molar-refractivity contribution >= 4 is 0 Å². The van der Waals surface area contributed by atoms with E-state index >= 15 is 0 Å². The van der Waals surface area contributed by atoms with Crippen molar-refractivity contribution in [2.75, 3.05) is 0 Å². The Morgan fingerprint density at radius 2 is 0.653 bits per heavy atom. The van der Waals surface area contributed by atoms with E-state index in [-0.39, 0.29) is 0 Å². The molecule has 0 saturated heterocycles. The van der Waals surface area contributed by atoms with E-state index in [0.717, 1.165) is 29.6 Å². The molecule has 0 heteroatoms. The van der Waals surface area contributed by atoms with Gasteiger partial charge in [-0.05, 0) is 132 Å². The highest BCUT2D eigenvalue weighted by atomic mass is 14.4. The Balaban J connectivity index is 6.70. The number of hydrogen-bond acceptors (Lipinski definition) is 0. The summed E-state index contributed by atoms with van der Waals surface area (Å²) in [7, 11) is 0. The molecule has 0 aromatic rings. The summed E-state index contributed by atoms with van der Waals surface area (Å²) in [5.74, 6) is 4.86. The lowest BCUT2D eigenvalue weighted by Gasteiger charge is -2.41. The quantitative estimate of drug-likeness (QED) is 0.0421. The van der Waals surface area contributed by atoms with Gasteiger partial charge >= 0.3 is 0 Å². The van der Waals surface area contributed by atoms with Crippen molar-refractivity contribution in [1.29, 1.82) is 0 Å². The van der Waals surface area contributed by atoms with E-state index < -0.39 is 0 Å². The van der Waals surface area contributed by atoms with Crippen LogP contribution in [0.15, 0.2) is 75.4 Å². The summed E-state index contributed by atoms with van der Waals surface area (Å²) in [5.41, 5.74) is 1.68. The molecular weight excluding hydrogens is 865 g/mol. The van der Waals surface area contributed by atoms with Gasteiger partial charge in [0.15, 0.2) is 0 Å². The molecule has 422 valence electrons. The third-order valence-corrected chi connectivity index (χ3v) is 17.3. The van der Waals surface area contributed by atoms with E-state index in [1.54, 1.807) is 5.57 Å². The molecule has 0 N–H and O–H groups in total. The van der Waals surface area contributed by atoms with Crippen LogP contribution in [0.4, 0.5) is 0 Å². The molecule has 0 fully saturated rings. The average Bonchev–Trinajstić information content (AvgIpc) is 3.37. The molecule has 0 aromatic carbocycles. The molecule has 6 atom stereocenters. The molecule has 0 rings (SSSR count).